The highest BCUT2D eigenvalue weighted by molar-refractivity contribution is 7.09. The van der Waals surface area contributed by atoms with Gasteiger partial charge in [0.25, 0.3) is 0 Å². The maximum Gasteiger partial charge on any atom is 0.191 e. The molecule has 1 aromatic carbocycles. The third-order valence-electron chi connectivity index (χ3n) is 4.76. The van der Waals surface area contributed by atoms with E-state index >= 15 is 0 Å². The van der Waals surface area contributed by atoms with Gasteiger partial charge in [-0.25, -0.2) is 0 Å². The van der Waals surface area contributed by atoms with Gasteiger partial charge >= 0.3 is 0 Å². The van der Waals surface area contributed by atoms with E-state index in [0.717, 1.165) is 51.8 Å². The maximum atomic E-state index is 5.48. The molecule has 2 heterocycles. The molecule has 1 saturated heterocycles. The van der Waals surface area contributed by atoms with Crippen molar-refractivity contribution >= 4 is 23.0 Å². The number of rotatable bonds is 7. The number of benzene rings is 1. The Bertz CT molecular complexity index is 711. The van der Waals surface area contributed by atoms with Crippen LogP contribution in [0.15, 0.2) is 46.8 Å². The van der Waals surface area contributed by atoms with E-state index in [1.807, 2.05) is 18.4 Å². The molecule has 6 heteroatoms. The van der Waals surface area contributed by atoms with Crippen LogP contribution in [0.2, 0.25) is 0 Å². The molecule has 1 unspecified atom stereocenters. The second-order valence-electron chi connectivity index (χ2n) is 6.92. The van der Waals surface area contributed by atoms with Gasteiger partial charge in [0.15, 0.2) is 5.96 Å². The van der Waals surface area contributed by atoms with Crippen molar-refractivity contribution in [2.24, 2.45) is 10.9 Å². The standard InChI is InChI=1S/C21H30N4OS/c1-17(14-19-7-5-13-27-19)15-23-21(22-2)24-16-18-6-3-4-8-20(18)25-9-11-26-12-10-25/h3-8,13,17H,9-12,14-16H2,1-2H3,(H2,22,23,24). The largest absolute Gasteiger partial charge is 0.378 e. The third kappa shape index (κ3) is 5.97. The van der Waals surface area contributed by atoms with Crippen molar-refractivity contribution in [3.05, 3.63) is 52.2 Å². The number of hydrogen-bond donors (Lipinski definition) is 2. The molecular weight excluding hydrogens is 356 g/mol. The zero-order valence-corrected chi connectivity index (χ0v) is 17.1. The average Bonchev–Trinajstić information content (AvgIpc) is 3.22. The van der Waals surface area contributed by atoms with Crippen molar-refractivity contribution in [3.63, 3.8) is 0 Å². The number of thiophene rings is 1. The normalized spacial score (nSPS) is 16.2. The fourth-order valence-corrected chi connectivity index (χ4v) is 4.16. The lowest BCUT2D eigenvalue weighted by atomic mass is 10.1. The smallest absolute Gasteiger partial charge is 0.191 e. The molecule has 1 aliphatic heterocycles. The molecule has 1 fully saturated rings. The number of anilines is 1. The quantitative estimate of drug-likeness (QED) is 0.567. The minimum atomic E-state index is 0.558. The maximum absolute atomic E-state index is 5.48. The number of guanidine groups is 1. The van der Waals surface area contributed by atoms with Crippen molar-refractivity contribution in [2.75, 3.05) is 44.8 Å². The first kappa shape index (κ1) is 19.7. The predicted molar refractivity (Wildman–Crippen MR) is 115 cm³/mol. The van der Waals surface area contributed by atoms with Gasteiger partial charge in [-0.15, -0.1) is 11.3 Å². The first-order valence-electron chi connectivity index (χ1n) is 9.63. The Labute approximate surface area is 166 Å². The molecule has 3 rings (SSSR count). The second kappa shape index (κ2) is 10.3. The summed E-state index contributed by atoms with van der Waals surface area (Å²) >= 11 is 1.83. The molecule has 0 spiro atoms. The summed E-state index contributed by atoms with van der Waals surface area (Å²) in [7, 11) is 1.83. The van der Waals surface area contributed by atoms with E-state index in [-0.39, 0.29) is 0 Å². The van der Waals surface area contributed by atoms with Crippen LogP contribution in [-0.4, -0.2) is 45.9 Å². The van der Waals surface area contributed by atoms with Crippen molar-refractivity contribution in [3.8, 4) is 0 Å². The Morgan fingerprint density at radius 3 is 2.74 bits per heavy atom. The second-order valence-corrected chi connectivity index (χ2v) is 7.96. The Hall–Kier alpha value is -2.05. The van der Waals surface area contributed by atoms with Gasteiger partial charge in [-0.3, -0.25) is 4.99 Å². The Balaban J connectivity index is 1.50. The average molecular weight is 387 g/mol. The molecule has 0 saturated carbocycles. The third-order valence-corrected chi connectivity index (χ3v) is 5.66. The van der Waals surface area contributed by atoms with Crippen molar-refractivity contribution < 1.29 is 4.74 Å². The molecule has 1 atom stereocenters. The highest BCUT2D eigenvalue weighted by atomic mass is 32.1. The lowest BCUT2D eigenvalue weighted by molar-refractivity contribution is 0.122. The van der Waals surface area contributed by atoms with E-state index in [1.54, 1.807) is 0 Å². The SMILES string of the molecule is CN=C(NCc1ccccc1N1CCOCC1)NCC(C)Cc1cccs1. The molecule has 0 amide bonds. The summed E-state index contributed by atoms with van der Waals surface area (Å²) < 4.78 is 5.48. The predicted octanol–water partition coefficient (Wildman–Crippen LogP) is 3.13. The van der Waals surface area contributed by atoms with Crippen LogP contribution in [0.4, 0.5) is 5.69 Å². The van der Waals surface area contributed by atoms with Crippen LogP contribution in [0.5, 0.6) is 0 Å². The van der Waals surface area contributed by atoms with Crippen molar-refractivity contribution in [1.82, 2.24) is 10.6 Å². The number of para-hydroxylation sites is 1. The van der Waals surface area contributed by atoms with E-state index in [1.165, 1.54) is 16.1 Å². The molecule has 146 valence electrons. The summed E-state index contributed by atoms with van der Waals surface area (Å²) in [4.78, 5) is 8.22. The fourth-order valence-electron chi connectivity index (χ4n) is 3.29. The molecule has 2 N–H and O–H groups in total. The van der Waals surface area contributed by atoms with Crippen molar-refractivity contribution in [1.29, 1.82) is 0 Å². The summed E-state index contributed by atoms with van der Waals surface area (Å²) in [5.74, 6) is 1.41. The number of nitrogens with zero attached hydrogens (tertiary/aromatic N) is 2. The van der Waals surface area contributed by atoms with Gasteiger partial charge in [0.2, 0.25) is 0 Å². The lowest BCUT2D eigenvalue weighted by Gasteiger charge is -2.30. The van der Waals surface area contributed by atoms with E-state index in [4.69, 9.17) is 4.74 Å². The van der Waals surface area contributed by atoms with Gasteiger partial charge in [-0.1, -0.05) is 31.2 Å². The molecule has 0 radical (unpaired) electrons. The van der Waals surface area contributed by atoms with Crippen LogP contribution in [0, 0.1) is 5.92 Å². The van der Waals surface area contributed by atoms with E-state index in [0.29, 0.717) is 5.92 Å². The number of hydrogen-bond acceptors (Lipinski definition) is 4. The molecule has 1 aliphatic rings. The topological polar surface area (TPSA) is 48.9 Å². The molecule has 1 aromatic heterocycles. The molecule has 2 aromatic rings. The summed E-state index contributed by atoms with van der Waals surface area (Å²) in [5, 5.41) is 9.06. The zero-order valence-electron chi connectivity index (χ0n) is 16.3. The van der Waals surface area contributed by atoms with Crippen LogP contribution in [0.3, 0.4) is 0 Å². The first-order chi connectivity index (χ1) is 13.3. The van der Waals surface area contributed by atoms with Gasteiger partial charge in [0, 0.05) is 43.8 Å². The molecule has 5 nitrogen and oxygen atoms in total. The number of ether oxygens (including phenoxy) is 1. The number of nitrogens with one attached hydrogen (secondary N) is 2. The Morgan fingerprint density at radius 2 is 2.00 bits per heavy atom. The van der Waals surface area contributed by atoms with Crippen LogP contribution in [0.1, 0.15) is 17.4 Å². The van der Waals surface area contributed by atoms with Gasteiger partial charge in [0.05, 0.1) is 13.2 Å². The number of aliphatic imine (C=N–C) groups is 1. The zero-order chi connectivity index (χ0) is 18.9. The summed E-state index contributed by atoms with van der Waals surface area (Å²) in [6, 6.07) is 12.9. The fraction of sp³-hybridized carbons (Fsp3) is 0.476. The van der Waals surface area contributed by atoms with Gasteiger partial charge in [-0.2, -0.15) is 0 Å². The molecular formula is C21H30N4OS. The van der Waals surface area contributed by atoms with E-state index in [9.17, 15) is 0 Å². The van der Waals surface area contributed by atoms with Crippen molar-refractivity contribution in [2.45, 2.75) is 19.9 Å². The summed E-state index contributed by atoms with van der Waals surface area (Å²) in [6.45, 7) is 7.43. The van der Waals surface area contributed by atoms with Crippen LogP contribution >= 0.6 is 11.3 Å². The van der Waals surface area contributed by atoms with Crippen LogP contribution in [0.25, 0.3) is 0 Å². The van der Waals surface area contributed by atoms with Gasteiger partial charge in [-0.05, 0) is 35.4 Å². The minimum absolute atomic E-state index is 0.558. The Morgan fingerprint density at radius 1 is 1.19 bits per heavy atom. The molecule has 27 heavy (non-hydrogen) atoms. The molecule has 0 bridgehead atoms. The summed E-state index contributed by atoms with van der Waals surface area (Å²) in [6.07, 6.45) is 1.10. The highest BCUT2D eigenvalue weighted by Crippen LogP contribution is 2.21. The lowest BCUT2D eigenvalue weighted by Crippen LogP contribution is -2.40. The van der Waals surface area contributed by atoms with Gasteiger partial charge < -0.3 is 20.3 Å². The van der Waals surface area contributed by atoms with Crippen LogP contribution in [-0.2, 0) is 17.7 Å². The monoisotopic (exact) mass is 386 g/mol. The summed E-state index contributed by atoms with van der Waals surface area (Å²) in [5.41, 5.74) is 2.57. The number of morpholine rings is 1. The van der Waals surface area contributed by atoms with Gasteiger partial charge in [0.1, 0.15) is 0 Å². The first-order valence-corrected chi connectivity index (χ1v) is 10.5. The molecule has 0 aliphatic carbocycles. The Kier molecular flexibility index (Phi) is 7.54. The van der Waals surface area contributed by atoms with E-state index < -0.39 is 0 Å². The minimum Gasteiger partial charge on any atom is -0.378 e. The van der Waals surface area contributed by atoms with Crippen LogP contribution < -0.4 is 15.5 Å². The van der Waals surface area contributed by atoms with E-state index in [2.05, 4.69) is 69.2 Å². The highest BCUT2D eigenvalue weighted by Gasteiger charge is 2.14.